The van der Waals surface area contributed by atoms with E-state index in [1.165, 1.54) is 0 Å². The zero-order valence-electron chi connectivity index (χ0n) is 9.78. The Morgan fingerprint density at radius 3 is 2.94 bits per heavy atom. The van der Waals surface area contributed by atoms with Gasteiger partial charge in [0.15, 0.2) is 0 Å². The maximum Gasteiger partial charge on any atom is 0.0897 e. The van der Waals surface area contributed by atoms with Gasteiger partial charge in [0.1, 0.15) is 0 Å². The Morgan fingerprint density at radius 2 is 2.33 bits per heavy atom. The summed E-state index contributed by atoms with van der Waals surface area (Å²) >= 11 is 9.98. The molecule has 0 saturated carbocycles. The van der Waals surface area contributed by atoms with E-state index in [0.29, 0.717) is 0 Å². The fraction of sp³-hybridized carbons (Fsp3) is 0.250. The number of thiazole rings is 1. The Hall–Kier alpha value is -0.210. The molecule has 1 aromatic carbocycles. The SMILES string of the molecule is Cc1nc(CC(NN)c2cc(Cl)ccc2I)cs1. The summed E-state index contributed by atoms with van der Waals surface area (Å²) in [6.45, 7) is 2.00. The first-order valence-electron chi connectivity index (χ1n) is 5.42. The normalized spacial score (nSPS) is 12.7. The van der Waals surface area contributed by atoms with Crippen molar-refractivity contribution >= 4 is 45.5 Å². The van der Waals surface area contributed by atoms with Gasteiger partial charge in [-0.3, -0.25) is 11.3 Å². The fourth-order valence-corrected chi connectivity index (χ4v) is 3.27. The van der Waals surface area contributed by atoms with Crippen LogP contribution in [0.25, 0.3) is 0 Å². The van der Waals surface area contributed by atoms with Gasteiger partial charge in [-0.05, 0) is 53.3 Å². The van der Waals surface area contributed by atoms with Crippen molar-refractivity contribution in [3.8, 4) is 0 Å². The number of aromatic nitrogens is 1. The first-order chi connectivity index (χ1) is 8.60. The van der Waals surface area contributed by atoms with Gasteiger partial charge in [0.25, 0.3) is 0 Å². The minimum atomic E-state index is 0.0251. The molecule has 3 N–H and O–H groups in total. The zero-order valence-corrected chi connectivity index (χ0v) is 13.5. The number of aryl methyl sites for hydroxylation is 1. The summed E-state index contributed by atoms with van der Waals surface area (Å²) in [6.07, 6.45) is 0.761. The molecule has 0 aliphatic rings. The maximum absolute atomic E-state index is 6.04. The van der Waals surface area contributed by atoms with E-state index in [1.54, 1.807) is 11.3 Å². The van der Waals surface area contributed by atoms with Crippen LogP contribution in [0.2, 0.25) is 5.02 Å². The van der Waals surface area contributed by atoms with Crippen LogP contribution < -0.4 is 11.3 Å². The lowest BCUT2D eigenvalue weighted by Crippen LogP contribution is -2.30. The second-order valence-corrected chi connectivity index (χ2v) is 6.61. The van der Waals surface area contributed by atoms with Crippen molar-refractivity contribution in [2.75, 3.05) is 0 Å². The smallest absolute Gasteiger partial charge is 0.0897 e. The average Bonchev–Trinajstić information content (AvgIpc) is 2.75. The highest BCUT2D eigenvalue weighted by atomic mass is 127. The van der Waals surface area contributed by atoms with E-state index >= 15 is 0 Å². The summed E-state index contributed by atoms with van der Waals surface area (Å²) in [4.78, 5) is 4.46. The van der Waals surface area contributed by atoms with Gasteiger partial charge in [0.05, 0.1) is 16.7 Å². The van der Waals surface area contributed by atoms with Crippen LogP contribution in [-0.2, 0) is 6.42 Å². The third-order valence-electron chi connectivity index (χ3n) is 2.61. The molecular formula is C12H13ClIN3S. The molecule has 0 bridgehead atoms. The van der Waals surface area contributed by atoms with Crippen LogP contribution in [0.4, 0.5) is 0 Å². The standard InChI is InChI=1S/C12H13ClIN3S/c1-7-16-9(6-18-7)5-12(17-15)10-4-8(13)2-3-11(10)14/h2-4,6,12,17H,5,15H2,1H3. The number of nitrogens with one attached hydrogen (secondary N) is 1. The molecule has 1 heterocycles. The third kappa shape index (κ3) is 3.42. The molecule has 6 heteroatoms. The van der Waals surface area contributed by atoms with Gasteiger partial charge in [0.2, 0.25) is 0 Å². The summed E-state index contributed by atoms with van der Waals surface area (Å²) < 4.78 is 1.15. The highest BCUT2D eigenvalue weighted by Gasteiger charge is 2.15. The Kier molecular flexibility index (Phi) is 4.97. The van der Waals surface area contributed by atoms with Crippen LogP contribution in [0.1, 0.15) is 22.3 Å². The van der Waals surface area contributed by atoms with Crippen LogP contribution in [0.5, 0.6) is 0 Å². The van der Waals surface area contributed by atoms with Gasteiger partial charge in [-0.2, -0.15) is 0 Å². The first kappa shape index (κ1) is 14.2. The quantitative estimate of drug-likeness (QED) is 0.475. The van der Waals surface area contributed by atoms with E-state index < -0.39 is 0 Å². The van der Waals surface area contributed by atoms with Crippen molar-refractivity contribution in [2.45, 2.75) is 19.4 Å². The molecule has 18 heavy (non-hydrogen) atoms. The lowest BCUT2D eigenvalue weighted by atomic mass is 10.0. The van der Waals surface area contributed by atoms with E-state index in [2.05, 4.69) is 38.4 Å². The fourth-order valence-electron chi connectivity index (χ4n) is 1.75. The number of hydrogen-bond donors (Lipinski definition) is 2. The van der Waals surface area contributed by atoms with Gasteiger partial charge < -0.3 is 0 Å². The van der Waals surface area contributed by atoms with Crippen molar-refractivity contribution in [3.63, 3.8) is 0 Å². The molecule has 0 saturated heterocycles. The topological polar surface area (TPSA) is 50.9 Å². The molecule has 1 aromatic heterocycles. The number of hydrazine groups is 1. The van der Waals surface area contributed by atoms with Crippen LogP contribution in [0.3, 0.4) is 0 Å². The number of nitrogens with two attached hydrogens (primary N) is 1. The number of hydrogen-bond acceptors (Lipinski definition) is 4. The first-order valence-corrected chi connectivity index (χ1v) is 7.76. The highest BCUT2D eigenvalue weighted by Crippen LogP contribution is 2.26. The van der Waals surface area contributed by atoms with Gasteiger partial charge in [-0.15, -0.1) is 11.3 Å². The van der Waals surface area contributed by atoms with Crippen molar-refractivity contribution < 1.29 is 0 Å². The largest absolute Gasteiger partial charge is 0.271 e. The molecular weight excluding hydrogens is 381 g/mol. The molecule has 0 amide bonds. The second-order valence-electron chi connectivity index (χ2n) is 3.95. The number of benzene rings is 1. The monoisotopic (exact) mass is 393 g/mol. The molecule has 2 aromatic rings. The minimum Gasteiger partial charge on any atom is -0.271 e. The summed E-state index contributed by atoms with van der Waals surface area (Å²) in [5.41, 5.74) is 5.01. The second kappa shape index (κ2) is 6.29. The molecule has 0 aliphatic carbocycles. The summed E-state index contributed by atoms with van der Waals surface area (Å²) in [5.74, 6) is 5.66. The Bertz CT molecular complexity index is 544. The Labute approximate surface area is 129 Å². The molecule has 96 valence electrons. The van der Waals surface area contributed by atoms with Gasteiger partial charge in [-0.25, -0.2) is 4.98 Å². The molecule has 3 nitrogen and oxygen atoms in total. The van der Waals surface area contributed by atoms with E-state index in [4.69, 9.17) is 17.4 Å². The van der Waals surface area contributed by atoms with Crippen molar-refractivity contribution in [1.29, 1.82) is 0 Å². The van der Waals surface area contributed by atoms with Crippen LogP contribution >= 0.6 is 45.5 Å². The molecule has 0 fully saturated rings. The van der Waals surface area contributed by atoms with E-state index in [1.807, 2.05) is 25.1 Å². The molecule has 2 rings (SSSR count). The van der Waals surface area contributed by atoms with Gasteiger partial charge in [-0.1, -0.05) is 11.6 Å². The number of nitrogens with zero attached hydrogens (tertiary/aromatic N) is 1. The Morgan fingerprint density at radius 1 is 1.56 bits per heavy atom. The van der Waals surface area contributed by atoms with Crippen molar-refractivity contribution in [2.24, 2.45) is 5.84 Å². The Balaban J connectivity index is 2.25. The van der Waals surface area contributed by atoms with E-state index in [-0.39, 0.29) is 6.04 Å². The van der Waals surface area contributed by atoms with Gasteiger partial charge in [0, 0.05) is 20.4 Å². The highest BCUT2D eigenvalue weighted by molar-refractivity contribution is 14.1. The molecule has 0 radical (unpaired) electrons. The summed E-state index contributed by atoms with van der Waals surface area (Å²) in [6, 6.07) is 5.85. The molecule has 0 aliphatic heterocycles. The number of rotatable bonds is 4. The van der Waals surface area contributed by atoms with Gasteiger partial charge >= 0.3 is 0 Å². The van der Waals surface area contributed by atoms with Crippen LogP contribution in [0.15, 0.2) is 23.6 Å². The third-order valence-corrected chi connectivity index (χ3v) is 4.65. The lowest BCUT2D eigenvalue weighted by molar-refractivity contribution is 0.544. The predicted octanol–water partition coefficient (Wildman–Crippen LogP) is 3.46. The summed E-state index contributed by atoms with van der Waals surface area (Å²) in [5, 5.41) is 3.86. The predicted molar refractivity (Wildman–Crippen MR) is 84.8 cm³/mol. The van der Waals surface area contributed by atoms with E-state index in [0.717, 1.165) is 31.3 Å². The molecule has 0 spiro atoms. The maximum atomic E-state index is 6.04. The number of halogens is 2. The summed E-state index contributed by atoms with van der Waals surface area (Å²) in [7, 11) is 0. The van der Waals surface area contributed by atoms with Crippen molar-refractivity contribution in [1.82, 2.24) is 10.4 Å². The lowest BCUT2D eigenvalue weighted by Gasteiger charge is -2.17. The van der Waals surface area contributed by atoms with Crippen LogP contribution in [0, 0.1) is 10.5 Å². The molecule has 1 unspecified atom stereocenters. The van der Waals surface area contributed by atoms with Crippen LogP contribution in [-0.4, -0.2) is 4.98 Å². The molecule has 1 atom stereocenters. The van der Waals surface area contributed by atoms with E-state index in [9.17, 15) is 0 Å². The average molecular weight is 394 g/mol. The minimum absolute atomic E-state index is 0.0251. The zero-order chi connectivity index (χ0) is 13.1. The van der Waals surface area contributed by atoms with Crippen molar-refractivity contribution in [3.05, 3.63) is 48.4 Å².